The van der Waals surface area contributed by atoms with Crippen LogP contribution in [0.1, 0.15) is 25.0 Å². The number of benzene rings is 2. The smallest absolute Gasteiger partial charge is 0.242 e. The molecular weight excluding hydrogens is 455 g/mol. The largest absolute Gasteiger partial charge is 0.493 e. The molecule has 0 aromatic heterocycles. The number of carbonyl (C=O) groups excluding carboxylic acids is 2. The van der Waals surface area contributed by atoms with Crippen molar-refractivity contribution >= 4 is 11.8 Å². The van der Waals surface area contributed by atoms with E-state index in [9.17, 15) is 14.0 Å². The summed E-state index contributed by atoms with van der Waals surface area (Å²) in [6.45, 7) is 4.72. The Morgan fingerprint density at radius 2 is 1.63 bits per heavy atom. The summed E-state index contributed by atoms with van der Waals surface area (Å²) in [7, 11) is 4.54. The molecule has 3 rings (SSSR count). The highest BCUT2D eigenvalue weighted by atomic mass is 19.1. The molecule has 2 amide bonds. The Balaban J connectivity index is 1.78. The topological polar surface area (TPSA) is 77.5 Å². The van der Waals surface area contributed by atoms with E-state index in [0.717, 1.165) is 5.56 Å². The molecule has 0 spiro atoms. The minimum atomic E-state index is -0.391. The monoisotopic (exact) mass is 488 g/mol. The maximum absolute atomic E-state index is 13.3. The molecule has 0 saturated carbocycles. The van der Waals surface area contributed by atoms with E-state index in [4.69, 9.17) is 18.9 Å². The number of methoxy groups -OCH3 is 3. The molecule has 35 heavy (non-hydrogen) atoms. The Morgan fingerprint density at radius 1 is 1.00 bits per heavy atom. The molecule has 1 aliphatic rings. The predicted molar refractivity (Wildman–Crippen MR) is 128 cm³/mol. The van der Waals surface area contributed by atoms with E-state index in [2.05, 4.69) is 0 Å². The summed E-state index contributed by atoms with van der Waals surface area (Å²) < 4.78 is 35.4. The van der Waals surface area contributed by atoms with Gasteiger partial charge in [-0.2, -0.15) is 0 Å². The zero-order chi connectivity index (χ0) is 25.5. The first-order valence-corrected chi connectivity index (χ1v) is 11.5. The van der Waals surface area contributed by atoms with Crippen molar-refractivity contribution in [1.82, 2.24) is 9.80 Å². The molecular formula is C26H33FN2O6. The highest BCUT2D eigenvalue weighted by Crippen LogP contribution is 2.38. The fourth-order valence-corrected chi connectivity index (χ4v) is 4.06. The van der Waals surface area contributed by atoms with Gasteiger partial charge in [0.25, 0.3) is 0 Å². The van der Waals surface area contributed by atoms with Gasteiger partial charge in [0.05, 0.1) is 47.0 Å². The van der Waals surface area contributed by atoms with E-state index in [1.807, 2.05) is 13.8 Å². The first-order valence-electron chi connectivity index (χ1n) is 11.5. The number of hydrogen-bond acceptors (Lipinski definition) is 6. The fraction of sp³-hybridized carbons (Fsp3) is 0.462. The van der Waals surface area contributed by atoms with Crippen LogP contribution in [0.5, 0.6) is 17.2 Å². The first-order chi connectivity index (χ1) is 16.7. The molecule has 1 fully saturated rings. The van der Waals surface area contributed by atoms with Crippen LogP contribution in [0.15, 0.2) is 36.4 Å². The molecule has 0 aliphatic carbocycles. The van der Waals surface area contributed by atoms with E-state index in [-0.39, 0.29) is 49.8 Å². The molecule has 1 aliphatic heterocycles. The lowest BCUT2D eigenvalue weighted by atomic mass is 10.1. The molecule has 1 unspecified atom stereocenters. The Morgan fingerprint density at radius 3 is 2.17 bits per heavy atom. The minimum Gasteiger partial charge on any atom is -0.493 e. The van der Waals surface area contributed by atoms with Gasteiger partial charge in [0.1, 0.15) is 5.82 Å². The number of halogens is 1. The SMILES string of the molecule is COc1cc(CC(=O)N2CC(=O)N(C(C)C)CC(OCc3ccc(F)cc3)C2)cc(OC)c1OC. The zero-order valence-corrected chi connectivity index (χ0v) is 20.9. The molecule has 1 heterocycles. The average Bonchev–Trinajstić information content (AvgIpc) is 3.01. The average molecular weight is 489 g/mol. The van der Waals surface area contributed by atoms with Crippen molar-refractivity contribution in [3.63, 3.8) is 0 Å². The second-order valence-corrected chi connectivity index (χ2v) is 8.68. The summed E-state index contributed by atoms with van der Waals surface area (Å²) >= 11 is 0. The van der Waals surface area contributed by atoms with Crippen molar-refractivity contribution in [2.24, 2.45) is 0 Å². The van der Waals surface area contributed by atoms with Crippen molar-refractivity contribution in [2.75, 3.05) is 41.0 Å². The van der Waals surface area contributed by atoms with Gasteiger partial charge in [-0.15, -0.1) is 0 Å². The fourth-order valence-electron chi connectivity index (χ4n) is 4.06. The summed E-state index contributed by atoms with van der Waals surface area (Å²) in [6.07, 6.45) is -0.339. The number of hydrogen-bond donors (Lipinski definition) is 0. The van der Waals surface area contributed by atoms with E-state index in [0.29, 0.717) is 29.4 Å². The number of nitrogens with zero attached hydrogens (tertiary/aromatic N) is 2. The van der Waals surface area contributed by atoms with Crippen molar-refractivity contribution in [2.45, 2.75) is 39.0 Å². The van der Waals surface area contributed by atoms with Crippen LogP contribution in [0.2, 0.25) is 0 Å². The van der Waals surface area contributed by atoms with Crippen molar-refractivity contribution < 1.29 is 32.9 Å². The zero-order valence-electron chi connectivity index (χ0n) is 20.9. The van der Waals surface area contributed by atoms with Crippen molar-refractivity contribution in [1.29, 1.82) is 0 Å². The molecule has 0 N–H and O–H groups in total. The van der Waals surface area contributed by atoms with Gasteiger partial charge in [0.2, 0.25) is 17.6 Å². The Hall–Kier alpha value is -3.33. The lowest BCUT2D eigenvalue weighted by Crippen LogP contribution is -2.42. The third-order valence-electron chi connectivity index (χ3n) is 5.93. The highest BCUT2D eigenvalue weighted by Gasteiger charge is 2.32. The van der Waals surface area contributed by atoms with E-state index in [1.165, 1.54) is 38.4 Å². The number of rotatable bonds is 9. The van der Waals surface area contributed by atoms with Gasteiger partial charge in [0, 0.05) is 19.1 Å². The first kappa shape index (κ1) is 26.3. The van der Waals surface area contributed by atoms with Gasteiger partial charge < -0.3 is 28.7 Å². The van der Waals surface area contributed by atoms with Crippen LogP contribution >= 0.6 is 0 Å². The van der Waals surface area contributed by atoms with Gasteiger partial charge in [-0.1, -0.05) is 12.1 Å². The molecule has 9 heteroatoms. The lowest BCUT2D eigenvalue weighted by Gasteiger charge is -2.27. The summed E-state index contributed by atoms with van der Waals surface area (Å²) in [4.78, 5) is 29.5. The van der Waals surface area contributed by atoms with Gasteiger partial charge in [0.15, 0.2) is 11.5 Å². The normalized spacial score (nSPS) is 16.3. The van der Waals surface area contributed by atoms with Crippen LogP contribution in [0.4, 0.5) is 4.39 Å². The molecule has 2 aromatic rings. The highest BCUT2D eigenvalue weighted by molar-refractivity contribution is 5.86. The summed E-state index contributed by atoms with van der Waals surface area (Å²) in [5.41, 5.74) is 1.49. The molecule has 8 nitrogen and oxygen atoms in total. The second kappa shape index (κ2) is 11.9. The number of amides is 2. The van der Waals surface area contributed by atoms with Crippen LogP contribution in [0.3, 0.4) is 0 Å². The Bertz CT molecular complexity index is 1000. The summed E-state index contributed by atoms with van der Waals surface area (Å²) in [5.74, 6) is 0.683. The molecule has 0 bridgehead atoms. The maximum atomic E-state index is 13.3. The summed E-state index contributed by atoms with van der Waals surface area (Å²) in [6, 6.07) is 9.48. The van der Waals surface area contributed by atoms with Crippen molar-refractivity contribution in [3.8, 4) is 17.2 Å². The van der Waals surface area contributed by atoms with Crippen LogP contribution in [-0.2, 0) is 27.4 Å². The second-order valence-electron chi connectivity index (χ2n) is 8.68. The predicted octanol–water partition coefficient (Wildman–Crippen LogP) is 3.06. The minimum absolute atomic E-state index is 0.0299. The van der Waals surface area contributed by atoms with Crippen LogP contribution < -0.4 is 14.2 Å². The maximum Gasteiger partial charge on any atom is 0.242 e. The van der Waals surface area contributed by atoms with Gasteiger partial charge in [-0.25, -0.2) is 4.39 Å². The lowest BCUT2D eigenvalue weighted by molar-refractivity contribution is -0.139. The molecule has 2 aromatic carbocycles. The third kappa shape index (κ3) is 6.63. The third-order valence-corrected chi connectivity index (χ3v) is 5.93. The van der Waals surface area contributed by atoms with Gasteiger partial charge >= 0.3 is 0 Å². The van der Waals surface area contributed by atoms with E-state index in [1.54, 1.807) is 29.2 Å². The number of carbonyl (C=O) groups is 2. The van der Waals surface area contributed by atoms with Crippen molar-refractivity contribution in [3.05, 3.63) is 53.3 Å². The van der Waals surface area contributed by atoms with Gasteiger partial charge in [-0.05, 0) is 49.2 Å². The van der Waals surface area contributed by atoms with Crippen LogP contribution in [0, 0.1) is 5.82 Å². The van der Waals surface area contributed by atoms with E-state index < -0.39 is 6.10 Å². The quantitative estimate of drug-likeness (QED) is 0.540. The standard InChI is InChI=1S/C26H33FN2O6/c1-17(2)29-14-21(35-16-18-6-8-20(27)9-7-18)13-28(15-25(29)31)24(30)12-19-10-22(32-3)26(34-5)23(11-19)33-4/h6-11,17,21H,12-16H2,1-5H3. The number of ether oxygens (including phenoxy) is 4. The Labute approximate surface area is 205 Å². The van der Waals surface area contributed by atoms with E-state index >= 15 is 0 Å². The molecule has 0 radical (unpaired) electrons. The van der Waals surface area contributed by atoms with Gasteiger partial charge in [-0.3, -0.25) is 9.59 Å². The molecule has 1 saturated heterocycles. The summed E-state index contributed by atoms with van der Waals surface area (Å²) in [5, 5.41) is 0. The molecule has 1 atom stereocenters. The Kier molecular flexibility index (Phi) is 8.92. The van der Waals surface area contributed by atoms with Crippen LogP contribution in [-0.4, -0.2) is 74.7 Å². The molecule has 190 valence electrons. The van der Waals surface area contributed by atoms with Crippen LogP contribution in [0.25, 0.3) is 0 Å².